The average Bonchev–Trinajstić information content (AvgIpc) is 2.91. The molecule has 0 saturated heterocycles. The van der Waals surface area contributed by atoms with Crippen molar-refractivity contribution in [3.05, 3.63) is 23.4 Å². The van der Waals surface area contributed by atoms with Gasteiger partial charge in [-0.2, -0.15) is 13.5 Å². The summed E-state index contributed by atoms with van der Waals surface area (Å²) in [6, 6.07) is 0. The number of hydrogen-bond acceptors (Lipinski definition) is 4. The van der Waals surface area contributed by atoms with Crippen LogP contribution in [-0.2, 0) is 23.5 Å². The molecule has 0 bridgehead atoms. The number of anilines is 1. The third kappa shape index (κ3) is 2.48. The van der Waals surface area contributed by atoms with Crippen molar-refractivity contribution >= 4 is 15.7 Å². The molecule has 0 aromatic carbocycles. The van der Waals surface area contributed by atoms with E-state index in [-0.39, 0.29) is 5.03 Å². The quantitative estimate of drug-likeness (QED) is 0.879. The van der Waals surface area contributed by atoms with Crippen LogP contribution in [0.4, 0.5) is 5.69 Å². The fourth-order valence-corrected chi connectivity index (χ4v) is 2.89. The molecule has 2 rings (SSSR count). The summed E-state index contributed by atoms with van der Waals surface area (Å²) in [4.78, 5) is 6.78. The monoisotopic (exact) mass is 283 g/mol. The van der Waals surface area contributed by atoms with E-state index < -0.39 is 10.0 Å². The Labute approximate surface area is 112 Å². The summed E-state index contributed by atoms with van der Waals surface area (Å²) in [6.07, 6.45) is 1.97. The zero-order valence-corrected chi connectivity index (χ0v) is 12.2. The molecule has 0 radical (unpaired) electrons. The van der Waals surface area contributed by atoms with Crippen LogP contribution in [0.3, 0.4) is 0 Å². The zero-order valence-electron chi connectivity index (χ0n) is 11.4. The van der Waals surface area contributed by atoms with E-state index in [0.717, 1.165) is 5.69 Å². The number of sulfonamides is 1. The van der Waals surface area contributed by atoms with Crippen LogP contribution >= 0.6 is 0 Å². The van der Waals surface area contributed by atoms with Gasteiger partial charge in [-0.15, -0.1) is 0 Å². The molecular formula is C11H17N5O2S. The van der Waals surface area contributed by atoms with E-state index in [0.29, 0.717) is 23.6 Å². The second-order valence-electron chi connectivity index (χ2n) is 4.32. The van der Waals surface area contributed by atoms with Gasteiger partial charge in [-0.1, -0.05) is 6.92 Å². The standard InChI is InChI=1S/C11H17N5O2S/c1-5-9-12-6-10(13-9)19(17,18)15-11-7(2)14-16(4)8(11)3/h6,15H,5H2,1-4H3,(H,12,13). The minimum Gasteiger partial charge on any atom is -0.332 e. The minimum absolute atomic E-state index is 0.0620. The second-order valence-corrected chi connectivity index (χ2v) is 5.97. The number of H-pyrrole nitrogens is 1. The van der Waals surface area contributed by atoms with Crippen LogP contribution in [0.1, 0.15) is 24.1 Å². The topological polar surface area (TPSA) is 92.7 Å². The maximum absolute atomic E-state index is 12.2. The van der Waals surface area contributed by atoms with Crippen LogP contribution in [-0.4, -0.2) is 28.2 Å². The van der Waals surface area contributed by atoms with Crippen molar-refractivity contribution in [2.45, 2.75) is 32.2 Å². The number of hydrogen-bond donors (Lipinski definition) is 2. The number of nitrogens with zero attached hydrogens (tertiary/aromatic N) is 3. The Balaban J connectivity index is 2.36. The number of aromatic nitrogens is 4. The summed E-state index contributed by atoms with van der Waals surface area (Å²) in [7, 11) is -1.89. The third-order valence-corrected chi connectivity index (χ3v) is 4.23. The normalized spacial score (nSPS) is 11.8. The molecule has 8 heteroatoms. The van der Waals surface area contributed by atoms with E-state index in [2.05, 4.69) is 19.8 Å². The van der Waals surface area contributed by atoms with E-state index in [4.69, 9.17) is 0 Å². The van der Waals surface area contributed by atoms with Gasteiger partial charge in [0.15, 0.2) is 5.03 Å². The van der Waals surface area contributed by atoms with E-state index in [1.165, 1.54) is 6.20 Å². The molecule has 2 aromatic rings. The highest BCUT2D eigenvalue weighted by atomic mass is 32.2. The smallest absolute Gasteiger partial charge is 0.279 e. The molecule has 0 spiro atoms. The first-order valence-corrected chi connectivity index (χ1v) is 7.40. The first-order valence-electron chi connectivity index (χ1n) is 5.92. The Morgan fingerprint density at radius 1 is 1.42 bits per heavy atom. The summed E-state index contributed by atoms with van der Waals surface area (Å²) >= 11 is 0. The molecule has 2 heterocycles. The predicted octanol–water partition coefficient (Wildman–Crippen LogP) is 1.12. The van der Waals surface area contributed by atoms with Crippen molar-refractivity contribution in [1.29, 1.82) is 0 Å². The summed E-state index contributed by atoms with van der Waals surface area (Å²) in [6.45, 7) is 5.47. The summed E-state index contributed by atoms with van der Waals surface area (Å²) in [5.41, 5.74) is 1.91. The molecule has 0 amide bonds. The molecule has 7 nitrogen and oxygen atoms in total. The first kappa shape index (κ1) is 13.6. The van der Waals surface area contributed by atoms with Crippen LogP contribution in [0.25, 0.3) is 0 Å². The lowest BCUT2D eigenvalue weighted by atomic mass is 10.3. The maximum atomic E-state index is 12.2. The highest BCUT2D eigenvalue weighted by Gasteiger charge is 2.21. The Bertz CT molecular complexity index is 699. The maximum Gasteiger partial charge on any atom is 0.279 e. The molecular weight excluding hydrogens is 266 g/mol. The number of nitrogens with one attached hydrogen (secondary N) is 2. The summed E-state index contributed by atoms with van der Waals surface area (Å²) in [5.74, 6) is 0.639. The predicted molar refractivity (Wildman–Crippen MR) is 71.5 cm³/mol. The Kier molecular flexibility index (Phi) is 3.36. The minimum atomic E-state index is -3.66. The Morgan fingerprint density at radius 2 is 2.11 bits per heavy atom. The highest BCUT2D eigenvalue weighted by Crippen LogP contribution is 2.22. The van der Waals surface area contributed by atoms with Gasteiger partial charge in [0.2, 0.25) is 0 Å². The lowest BCUT2D eigenvalue weighted by Gasteiger charge is -2.06. The van der Waals surface area contributed by atoms with Crippen molar-refractivity contribution < 1.29 is 8.42 Å². The van der Waals surface area contributed by atoms with Crippen LogP contribution in [0.15, 0.2) is 11.2 Å². The molecule has 0 fully saturated rings. The first-order chi connectivity index (χ1) is 8.85. The molecule has 0 aliphatic rings. The van der Waals surface area contributed by atoms with Gasteiger partial charge in [-0.3, -0.25) is 9.40 Å². The van der Waals surface area contributed by atoms with Crippen LogP contribution in [0, 0.1) is 13.8 Å². The molecule has 19 heavy (non-hydrogen) atoms. The van der Waals surface area contributed by atoms with E-state index in [9.17, 15) is 8.42 Å². The third-order valence-electron chi connectivity index (χ3n) is 2.97. The Hall–Kier alpha value is -1.83. The number of rotatable bonds is 4. The van der Waals surface area contributed by atoms with E-state index in [1.807, 2.05) is 13.8 Å². The van der Waals surface area contributed by atoms with Crippen LogP contribution in [0.2, 0.25) is 0 Å². The fourth-order valence-electron chi connectivity index (χ4n) is 1.77. The fraction of sp³-hybridized carbons (Fsp3) is 0.455. The van der Waals surface area contributed by atoms with Crippen molar-refractivity contribution in [3.8, 4) is 0 Å². The zero-order chi connectivity index (χ0) is 14.2. The molecule has 2 aromatic heterocycles. The molecule has 0 aliphatic carbocycles. The van der Waals surface area contributed by atoms with Gasteiger partial charge in [0, 0.05) is 13.5 Å². The summed E-state index contributed by atoms with van der Waals surface area (Å²) in [5, 5.41) is 4.24. The van der Waals surface area contributed by atoms with Gasteiger partial charge in [0.05, 0.1) is 23.3 Å². The molecule has 0 saturated carbocycles. The largest absolute Gasteiger partial charge is 0.332 e. The van der Waals surface area contributed by atoms with Crippen molar-refractivity contribution in [1.82, 2.24) is 19.7 Å². The molecule has 0 aliphatic heterocycles. The molecule has 2 N–H and O–H groups in total. The van der Waals surface area contributed by atoms with E-state index >= 15 is 0 Å². The molecule has 104 valence electrons. The Morgan fingerprint density at radius 3 is 2.58 bits per heavy atom. The highest BCUT2D eigenvalue weighted by molar-refractivity contribution is 7.92. The second kappa shape index (κ2) is 4.69. The van der Waals surface area contributed by atoms with Gasteiger partial charge < -0.3 is 4.98 Å². The van der Waals surface area contributed by atoms with Crippen LogP contribution < -0.4 is 4.72 Å². The van der Waals surface area contributed by atoms with Gasteiger partial charge in [-0.25, -0.2) is 4.98 Å². The van der Waals surface area contributed by atoms with Gasteiger partial charge >= 0.3 is 0 Å². The van der Waals surface area contributed by atoms with Crippen LogP contribution in [0.5, 0.6) is 0 Å². The van der Waals surface area contributed by atoms with Crippen molar-refractivity contribution in [2.75, 3.05) is 4.72 Å². The molecule has 0 unspecified atom stereocenters. The average molecular weight is 283 g/mol. The van der Waals surface area contributed by atoms with Gasteiger partial charge in [-0.05, 0) is 13.8 Å². The lowest BCUT2D eigenvalue weighted by Crippen LogP contribution is -2.14. The van der Waals surface area contributed by atoms with Crippen molar-refractivity contribution in [2.24, 2.45) is 7.05 Å². The SMILES string of the molecule is CCc1ncc(S(=O)(=O)Nc2c(C)nn(C)c2C)[nH]1. The van der Waals surface area contributed by atoms with Gasteiger partial charge in [0.1, 0.15) is 5.82 Å². The summed E-state index contributed by atoms with van der Waals surface area (Å²) < 4.78 is 28.6. The number of aromatic amines is 1. The number of aryl methyl sites for hydroxylation is 3. The van der Waals surface area contributed by atoms with Crippen molar-refractivity contribution in [3.63, 3.8) is 0 Å². The van der Waals surface area contributed by atoms with Gasteiger partial charge in [0.25, 0.3) is 10.0 Å². The molecule has 0 atom stereocenters. The van der Waals surface area contributed by atoms with E-state index in [1.54, 1.807) is 18.7 Å². The lowest BCUT2D eigenvalue weighted by molar-refractivity contribution is 0.598. The number of imidazole rings is 1.